The van der Waals surface area contributed by atoms with Crippen molar-refractivity contribution in [2.45, 2.75) is 44.0 Å². The van der Waals surface area contributed by atoms with Crippen LogP contribution in [0.15, 0.2) is 0 Å². The second kappa shape index (κ2) is 7.95. The molecule has 0 bridgehead atoms. The van der Waals surface area contributed by atoms with Gasteiger partial charge in [-0.3, -0.25) is 0 Å². The van der Waals surface area contributed by atoms with Gasteiger partial charge in [0.1, 0.15) is 5.44 Å². The average molecular weight is 223 g/mol. The predicted molar refractivity (Wildman–Crippen MR) is 60.6 cm³/mol. The van der Waals surface area contributed by atoms with Gasteiger partial charge >= 0.3 is 0 Å². The minimum absolute atomic E-state index is 0.491. The van der Waals surface area contributed by atoms with E-state index in [-0.39, 0.29) is 0 Å². The van der Waals surface area contributed by atoms with Gasteiger partial charge in [-0.25, -0.2) is 0 Å². The van der Waals surface area contributed by atoms with Gasteiger partial charge in [0.2, 0.25) is 0 Å². The Morgan fingerprint density at radius 1 is 1.23 bits per heavy atom. The number of rotatable bonds is 6. The SMILES string of the molecule is ClCCCCCSC1CCCCO1. The third kappa shape index (κ3) is 5.82. The normalized spacial score (nSPS) is 23.3. The van der Waals surface area contributed by atoms with Gasteiger partial charge in [0, 0.05) is 12.5 Å². The monoisotopic (exact) mass is 222 g/mol. The maximum Gasteiger partial charge on any atom is 0.103 e. The number of alkyl halides is 1. The van der Waals surface area contributed by atoms with Crippen LogP contribution in [0.1, 0.15) is 38.5 Å². The average Bonchev–Trinajstić information content (AvgIpc) is 2.19. The molecule has 1 aliphatic heterocycles. The molecule has 1 nitrogen and oxygen atoms in total. The summed E-state index contributed by atoms with van der Waals surface area (Å²) in [4.78, 5) is 0. The Hall–Kier alpha value is 0.600. The molecule has 1 rings (SSSR count). The van der Waals surface area contributed by atoms with Crippen molar-refractivity contribution < 1.29 is 4.74 Å². The van der Waals surface area contributed by atoms with Crippen LogP contribution in [-0.4, -0.2) is 23.7 Å². The molecule has 0 aromatic rings. The number of hydrogen-bond donors (Lipinski definition) is 0. The molecule has 0 aromatic heterocycles. The lowest BCUT2D eigenvalue weighted by Gasteiger charge is -2.21. The van der Waals surface area contributed by atoms with Crippen molar-refractivity contribution in [3.63, 3.8) is 0 Å². The molecule has 78 valence electrons. The molecule has 0 N–H and O–H groups in total. The summed E-state index contributed by atoms with van der Waals surface area (Å²) in [5.41, 5.74) is 0.491. The fourth-order valence-corrected chi connectivity index (χ4v) is 2.78. The summed E-state index contributed by atoms with van der Waals surface area (Å²) in [6.07, 6.45) is 7.57. The molecule has 0 spiro atoms. The molecule has 1 atom stereocenters. The van der Waals surface area contributed by atoms with E-state index in [0.29, 0.717) is 5.44 Å². The molecule has 1 fully saturated rings. The maximum atomic E-state index is 5.62. The Labute approximate surface area is 90.6 Å². The molecule has 1 saturated heterocycles. The van der Waals surface area contributed by atoms with E-state index >= 15 is 0 Å². The summed E-state index contributed by atoms with van der Waals surface area (Å²) < 4.78 is 5.62. The van der Waals surface area contributed by atoms with Crippen LogP contribution in [0, 0.1) is 0 Å². The Morgan fingerprint density at radius 2 is 2.15 bits per heavy atom. The predicted octanol–water partition coefficient (Wildman–Crippen LogP) is 3.66. The van der Waals surface area contributed by atoms with Crippen LogP contribution in [0.4, 0.5) is 0 Å². The molecule has 1 aliphatic rings. The van der Waals surface area contributed by atoms with Crippen molar-refractivity contribution in [1.29, 1.82) is 0 Å². The topological polar surface area (TPSA) is 9.23 Å². The highest BCUT2D eigenvalue weighted by Gasteiger charge is 2.12. The summed E-state index contributed by atoms with van der Waals surface area (Å²) in [6, 6.07) is 0. The van der Waals surface area contributed by atoms with Crippen LogP contribution < -0.4 is 0 Å². The van der Waals surface area contributed by atoms with Gasteiger partial charge in [-0.05, 0) is 37.9 Å². The second-order valence-corrected chi connectivity index (χ2v) is 5.06. The Balaban J connectivity index is 1.86. The number of hydrogen-bond acceptors (Lipinski definition) is 2. The summed E-state index contributed by atoms with van der Waals surface area (Å²) in [6.45, 7) is 0.972. The minimum atomic E-state index is 0.491. The smallest absolute Gasteiger partial charge is 0.103 e. The number of unbranched alkanes of at least 4 members (excludes halogenated alkanes) is 2. The highest BCUT2D eigenvalue weighted by atomic mass is 35.5. The summed E-state index contributed by atoms with van der Waals surface area (Å²) >= 11 is 7.58. The molecule has 13 heavy (non-hydrogen) atoms. The molecular formula is C10H19ClOS. The summed E-state index contributed by atoms with van der Waals surface area (Å²) in [5.74, 6) is 2.05. The van der Waals surface area contributed by atoms with Crippen LogP contribution in [0.25, 0.3) is 0 Å². The first-order chi connectivity index (χ1) is 6.43. The van der Waals surface area contributed by atoms with Crippen molar-refractivity contribution in [3.05, 3.63) is 0 Å². The van der Waals surface area contributed by atoms with Gasteiger partial charge in [-0.1, -0.05) is 6.42 Å². The molecule has 1 heterocycles. The number of ether oxygens (including phenoxy) is 1. The minimum Gasteiger partial charge on any atom is -0.368 e. The molecular weight excluding hydrogens is 204 g/mol. The number of halogens is 1. The lowest BCUT2D eigenvalue weighted by Crippen LogP contribution is -2.15. The standard InChI is InChI=1S/C10H19ClOS/c11-7-3-1-5-9-13-10-6-2-4-8-12-10/h10H,1-9H2. The van der Waals surface area contributed by atoms with Crippen molar-refractivity contribution >= 4 is 23.4 Å². The first-order valence-electron chi connectivity index (χ1n) is 5.22. The molecule has 0 amide bonds. The Kier molecular flexibility index (Phi) is 7.14. The lowest BCUT2D eigenvalue weighted by atomic mass is 10.2. The Bertz CT molecular complexity index is 115. The fraction of sp³-hybridized carbons (Fsp3) is 1.00. The van der Waals surface area contributed by atoms with Crippen LogP contribution in [0.3, 0.4) is 0 Å². The second-order valence-electron chi connectivity index (χ2n) is 3.42. The van der Waals surface area contributed by atoms with E-state index in [1.165, 1.54) is 37.9 Å². The zero-order valence-electron chi connectivity index (χ0n) is 8.14. The third-order valence-corrected chi connectivity index (χ3v) is 3.75. The molecule has 0 radical (unpaired) electrons. The van der Waals surface area contributed by atoms with Gasteiger partial charge in [0.15, 0.2) is 0 Å². The van der Waals surface area contributed by atoms with Gasteiger partial charge in [-0.15, -0.1) is 23.4 Å². The lowest BCUT2D eigenvalue weighted by molar-refractivity contribution is 0.0728. The van der Waals surface area contributed by atoms with Crippen LogP contribution >= 0.6 is 23.4 Å². The zero-order valence-corrected chi connectivity index (χ0v) is 9.71. The van der Waals surface area contributed by atoms with Gasteiger partial charge in [0.05, 0.1) is 0 Å². The quantitative estimate of drug-likeness (QED) is 0.501. The van der Waals surface area contributed by atoms with Gasteiger partial charge in [0.25, 0.3) is 0 Å². The van der Waals surface area contributed by atoms with E-state index in [4.69, 9.17) is 16.3 Å². The fourth-order valence-electron chi connectivity index (χ4n) is 1.43. The van der Waals surface area contributed by atoms with Crippen LogP contribution in [0.5, 0.6) is 0 Å². The Morgan fingerprint density at radius 3 is 2.85 bits per heavy atom. The molecule has 0 aliphatic carbocycles. The van der Waals surface area contributed by atoms with E-state index in [2.05, 4.69) is 0 Å². The largest absolute Gasteiger partial charge is 0.368 e. The van der Waals surface area contributed by atoms with Gasteiger partial charge in [-0.2, -0.15) is 0 Å². The van der Waals surface area contributed by atoms with Crippen LogP contribution in [-0.2, 0) is 4.74 Å². The first kappa shape index (κ1) is 11.7. The third-order valence-electron chi connectivity index (χ3n) is 2.22. The number of thioether (sulfide) groups is 1. The van der Waals surface area contributed by atoms with E-state index in [0.717, 1.165) is 18.9 Å². The molecule has 1 unspecified atom stereocenters. The molecule has 3 heteroatoms. The molecule has 0 aromatic carbocycles. The van der Waals surface area contributed by atoms with E-state index < -0.39 is 0 Å². The van der Waals surface area contributed by atoms with Crippen molar-refractivity contribution in [1.82, 2.24) is 0 Å². The van der Waals surface area contributed by atoms with E-state index in [9.17, 15) is 0 Å². The maximum absolute atomic E-state index is 5.62. The van der Waals surface area contributed by atoms with E-state index in [1.54, 1.807) is 0 Å². The van der Waals surface area contributed by atoms with Crippen molar-refractivity contribution in [3.8, 4) is 0 Å². The van der Waals surface area contributed by atoms with Gasteiger partial charge < -0.3 is 4.74 Å². The summed E-state index contributed by atoms with van der Waals surface area (Å²) in [5, 5.41) is 0. The zero-order chi connectivity index (χ0) is 9.36. The van der Waals surface area contributed by atoms with Crippen LogP contribution in [0.2, 0.25) is 0 Å². The highest BCUT2D eigenvalue weighted by molar-refractivity contribution is 7.99. The van der Waals surface area contributed by atoms with Crippen molar-refractivity contribution in [2.24, 2.45) is 0 Å². The summed E-state index contributed by atoms with van der Waals surface area (Å²) in [7, 11) is 0. The first-order valence-corrected chi connectivity index (χ1v) is 6.81. The highest BCUT2D eigenvalue weighted by Crippen LogP contribution is 2.24. The van der Waals surface area contributed by atoms with E-state index in [1.807, 2.05) is 11.8 Å². The molecule has 0 saturated carbocycles. The van der Waals surface area contributed by atoms with Crippen molar-refractivity contribution in [2.75, 3.05) is 18.2 Å².